The number of carboxylic acid groups (broad SMARTS) is 1. The van der Waals surface area contributed by atoms with Gasteiger partial charge in [0.1, 0.15) is 11.0 Å². The van der Waals surface area contributed by atoms with Crippen LogP contribution in [0.3, 0.4) is 0 Å². The Morgan fingerprint density at radius 1 is 1.59 bits per heavy atom. The van der Waals surface area contributed by atoms with E-state index < -0.39 is 16.1 Å². The summed E-state index contributed by atoms with van der Waals surface area (Å²) in [5.74, 6) is -0.649. The minimum Gasteiger partial charge on any atom is -0.497 e. The van der Waals surface area contributed by atoms with Crippen LogP contribution in [0.15, 0.2) is 23.1 Å². The number of aliphatic carboxylic acids is 1. The molecule has 0 amide bonds. The molecule has 0 aliphatic carbocycles. The third-order valence-corrected chi connectivity index (χ3v) is 3.17. The molecule has 0 bridgehead atoms. The highest BCUT2D eigenvalue weighted by molar-refractivity contribution is 8.00. The summed E-state index contributed by atoms with van der Waals surface area (Å²) < 4.78 is 4.88. The number of thioether (sulfide) groups is 1. The van der Waals surface area contributed by atoms with Crippen LogP contribution in [-0.2, 0) is 4.79 Å². The lowest BCUT2D eigenvalue weighted by Gasteiger charge is -2.07. The van der Waals surface area contributed by atoms with Crippen LogP contribution in [0.25, 0.3) is 0 Å². The number of ether oxygens (including phenoxy) is 1. The van der Waals surface area contributed by atoms with Gasteiger partial charge in [-0.1, -0.05) is 0 Å². The molecule has 6 nitrogen and oxygen atoms in total. The molecule has 1 aromatic carbocycles. The largest absolute Gasteiger partial charge is 0.497 e. The van der Waals surface area contributed by atoms with E-state index in [9.17, 15) is 14.9 Å². The monoisotopic (exact) mass is 257 g/mol. The molecule has 0 heterocycles. The zero-order valence-electron chi connectivity index (χ0n) is 9.25. The van der Waals surface area contributed by atoms with Crippen molar-refractivity contribution in [2.45, 2.75) is 17.1 Å². The lowest BCUT2D eigenvalue weighted by Crippen LogP contribution is -2.11. The van der Waals surface area contributed by atoms with Crippen LogP contribution in [-0.4, -0.2) is 28.4 Å². The highest BCUT2D eigenvalue weighted by Gasteiger charge is 2.20. The van der Waals surface area contributed by atoms with Crippen LogP contribution in [0.4, 0.5) is 5.69 Å². The molecule has 92 valence electrons. The van der Waals surface area contributed by atoms with Gasteiger partial charge in [0, 0.05) is 0 Å². The number of carbonyl (C=O) groups is 1. The molecule has 1 rings (SSSR count). The van der Waals surface area contributed by atoms with Crippen molar-refractivity contribution in [2.75, 3.05) is 7.11 Å². The van der Waals surface area contributed by atoms with Gasteiger partial charge in [0.25, 0.3) is 5.69 Å². The van der Waals surface area contributed by atoms with Gasteiger partial charge in [0.05, 0.1) is 23.0 Å². The highest BCUT2D eigenvalue weighted by Crippen LogP contribution is 2.34. The summed E-state index contributed by atoms with van der Waals surface area (Å²) in [4.78, 5) is 21.3. The van der Waals surface area contributed by atoms with E-state index in [-0.39, 0.29) is 5.69 Å². The summed E-state index contributed by atoms with van der Waals surface area (Å²) in [6.07, 6.45) is 0. The Kier molecular flexibility index (Phi) is 4.33. The topological polar surface area (TPSA) is 89.7 Å². The van der Waals surface area contributed by atoms with Crippen molar-refractivity contribution >= 4 is 23.4 Å². The van der Waals surface area contributed by atoms with Crippen molar-refractivity contribution < 1.29 is 19.6 Å². The van der Waals surface area contributed by atoms with Gasteiger partial charge in [0.2, 0.25) is 0 Å². The van der Waals surface area contributed by atoms with Gasteiger partial charge in [-0.15, -0.1) is 11.8 Å². The second-order valence-electron chi connectivity index (χ2n) is 3.19. The number of methoxy groups -OCH3 is 1. The molecule has 17 heavy (non-hydrogen) atoms. The number of hydrogen-bond acceptors (Lipinski definition) is 5. The summed E-state index contributed by atoms with van der Waals surface area (Å²) in [5, 5.41) is 18.8. The Balaban J connectivity index is 3.06. The average molecular weight is 257 g/mol. The Labute approximate surface area is 102 Å². The predicted molar refractivity (Wildman–Crippen MR) is 62.6 cm³/mol. The second-order valence-corrected chi connectivity index (χ2v) is 4.57. The van der Waals surface area contributed by atoms with Crippen molar-refractivity contribution in [3.8, 4) is 5.75 Å². The lowest BCUT2D eigenvalue weighted by atomic mass is 10.3. The minimum absolute atomic E-state index is 0.151. The fraction of sp³-hybridized carbons (Fsp3) is 0.300. The third kappa shape index (κ3) is 3.35. The highest BCUT2D eigenvalue weighted by atomic mass is 32.2. The molecule has 7 heteroatoms. The van der Waals surface area contributed by atoms with E-state index in [1.54, 1.807) is 6.07 Å². The zero-order valence-corrected chi connectivity index (χ0v) is 10.1. The van der Waals surface area contributed by atoms with Crippen LogP contribution in [0.5, 0.6) is 5.75 Å². The minimum atomic E-state index is -1.01. The molecule has 0 fully saturated rings. The Morgan fingerprint density at radius 3 is 2.71 bits per heavy atom. The average Bonchev–Trinajstić information content (AvgIpc) is 2.29. The number of nitrogens with zero attached hydrogens (tertiary/aromatic N) is 1. The van der Waals surface area contributed by atoms with E-state index in [0.717, 1.165) is 11.8 Å². The maximum atomic E-state index is 10.8. The molecule has 1 aromatic rings. The van der Waals surface area contributed by atoms with Gasteiger partial charge in [-0.05, 0) is 19.1 Å². The molecule has 1 atom stereocenters. The molecule has 1 N–H and O–H groups in total. The molecular formula is C10H11NO5S. The molecular weight excluding hydrogens is 246 g/mol. The molecule has 0 radical (unpaired) electrons. The normalized spacial score (nSPS) is 11.9. The first-order valence-electron chi connectivity index (χ1n) is 4.67. The molecule has 0 saturated carbocycles. The first-order valence-corrected chi connectivity index (χ1v) is 5.55. The molecule has 0 aliphatic heterocycles. The fourth-order valence-electron chi connectivity index (χ4n) is 1.11. The van der Waals surface area contributed by atoms with Gasteiger partial charge in [0.15, 0.2) is 0 Å². The maximum absolute atomic E-state index is 10.8. The van der Waals surface area contributed by atoms with Gasteiger partial charge in [-0.25, -0.2) is 0 Å². The lowest BCUT2D eigenvalue weighted by molar-refractivity contribution is -0.387. The Bertz CT molecular complexity index is 448. The summed E-state index contributed by atoms with van der Waals surface area (Å²) >= 11 is 0.929. The van der Waals surface area contributed by atoms with Crippen molar-refractivity contribution in [2.24, 2.45) is 0 Å². The van der Waals surface area contributed by atoms with Crippen LogP contribution >= 0.6 is 11.8 Å². The van der Waals surface area contributed by atoms with E-state index in [4.69, 9.17) is 9.84 Å². The van der Waals surface area contributed by atoms with E-state index in [1.165, 1.54) is 26.2 Å². The zero-order chi connectivity index (χ0) is 13.0. The molecule has 1 unspecified atom stereocenters. The summed E-state index contributed by atoms with van der Waals surface area (Å²) in [6.45, 7) is 1.47. The standard InChI is InChI=1S/C10H11NO5S/c1-6(10(12)13)17-9-4-3-7(16-2)5-8(9)11(14)15/h3-6H,1-2H3,(H,12,13). The van der Waals surface area contributed by atoms with Gasteiger partial charge in [-0.2, -0.15) is 0 Å². The van der Waals surface area contributed by atoms with Gasteiger partial charge in [-0.3, -0.25) is 14.9 Å². The molecule has 0 aliphatic rings. The fourth-order valence-corrected chi connectivity index (χ4v) is 1.99. The predicted octanol–water partition coefficient (Wildman–Crippen LogP) is 2.17. The van der Waals surface area contributed by atoms with E-state index in [2.05, 4.69) is 0 Å². The van der Waals surface area contributed by atoms with Crippen LogP contribution in [0.2, 0.25) is 0 Å². The van der Waals surface area contributed by atoms with Crippen molar-refractivity contribution in [3.63, 3.8) is 0 Å². The first-order chi connectivity index (χ1) is 7.95. The van der Waals surface area contributed by atoms with Crippen molar-refractivity contribution in [1.29, 1.82) is 0 Å². The molecule has 0 aromatic heterocycles. The number of hydrogen-bond donors (Lipinski definition) is 1. The Hall–Kier alpha value is -1.76. The van der Waals surface area contributed by atoms with Crippen LogP contribution in [0, 0.1) is 10.1 Å². The van der Waals surface area contributed by atoms with E-state index in [0.29, 0.717) is 10.6 Å². The summed E-state index contributed by atoms with van der Waals surface area (Å²) in [6, 6.07) is 4.32. The number of rotatable bonds is 5. The van der Waals surface area contributed by atoms with Crippen LogP contribution in [0.1, 0.15) is 6.92 Å². The third-order valence-electron chi connectivity index (χ3n) is 2.01. The summed E-state index contributed by atoms with van der Waals surface area (Å²) in [5.41, 5.74) is -0.151. The second kappa shape index (κ2) is 5.53. The number of carboxylic acids is 1. The van der Waals surface area contributed by atoms with Crippen LogP contribution < -0.4 is 4.74 Å². The van der Waals surface area contributed by atoms with E-state index >= 15 is 0 Å². The van der Waals surface area contributed by atoms with Crippen molar-refractivity contribution in [3.05, 3.63) is 28.3 Å². The maximum Gasteiger partial charge on any atom is 0.316 e. The summed E-state index contributed by atoms with van der Waals surface area (Å²) in [7, 11) is 1.41. The first kappa shape index (κ1) is 13.3. The molecule has 0 saturated heterocycles. The smallest absolute Gasteiger partial charge is 0.316 e. The van der Waals surface area contributed by atoms with Gasteiger partial charge >= 0.3 is 5.97 Å². The van der Waals surface area contributed by atoms with Gasteiger partial charge < -0.3 is 9.84 Å². The Morgan fingerprint density at radius 2 is 2.24 bits per heavy atom. The number of benzene rings is 1. The quantitative estimate of drug-likeness (QED) is 0.494. The van der Waals surface area contributed by atoms with E-state index in [1.807, 2.05) is 0 Å². The van der Waals surface area contributed by atoms with Crippen molar-refractivity contribution in [1.82, 2.24) is 0 Å². The number of nitro groups is 1. The number of nitro benzene ring substituents is 1. The molecule has 0 spiro atoms. The SMILES string of the molecule is COc1ccc(SC(C)C(=O)O)c([N+](=O)[O-])c1.